The fourth-order valence-corrected chi connectivity index (χ4v) is 4.58. The lowest BCUT2D eigenvalue weighted by atomic mass is 9.89. The minimum absolute atomic E-state index is 0.0626. The Bertz CT molecular complexity index is 753. The monoisotopic (exact) mass is 344 g/mol. The van der Waals surface area contributed by atoms with Crippen molar-refractivity contribution in [3.8, 4) is 0 Å². The van der Waals surface area contributed by atoms with Gasteiger partial charge in [-0.05, 0) is 24.7 Å². The zero-order chi connectivity index (χ0) is 16.1. The fraction of sp³-hybridized carbons (Fsp3) is 0.625. The van der Waals surface area contributed by atoms with Crippen molar-refractivity contribution < 1.29 is 4.79 Å². The molecule has 1 saturated carbocycles. The number of nitrogens with zero attached hydrogens (tertiary/aromatic N) is 5. The predicted octanol–water partition coefficient (Wildman–Crippen LogP) is 0.931. The summed E-state index contributed by atoms with van der Waals surface area (Å²) in [6.45, 7) is 3.93. The van der Waals surface area contributed by atoms with Crippen molar-refractivity contribution in [1.29, 1.82) is 0 Å². The number of fused-ring (bicyclic) bond motifs is 2. The standard InChI is InChI=1S/C16H20N6OS/c23-16(18-12-1-2-12)15-20-19-13-5-10-6-21(7-11(10)8-22(13)15)9-14-17-3-4-24-14/h3-4,10-12H,1-2,5-9H2,(H,18,23). The molecule has 1 amide bonds. The van der Waals surface area contributed by atoms with Crippen molar-refractivity contribution in [2.45, 2.75) is 38.4 Å². The van der Waals surface area contributed by atoms with Crippen LogP contribution in [0.5, 0.6) is 0 Å². The Morgan fingerprint density at radius 1 is 1.25 bits per heavy atom. The van der Waals surface area contributed by atoms with Crippen LogP contribution in [-0.2, 0) is 19.5 Å². The van der Waals surface area contributed by atoms with E-state index in [0.29, 0.717) is 23.7 Å². The number of hydrogen-bond acceptors (Lipinski definition) is 6. The van der Waals surface area contributed by atoms with Gasteiger partial charge in [-0.25, -0.2) is 4.98 Å². The number of nitrogens with one attached hydrogen (secondary N) is 1. The summed E-state index contributed by atoms with van der Waals surface area (Å²) in [7, 11) is 0. The molecule has 126 valence electrons. The summed E-state index contributed by atoms with van der Waals surface area (Å²) in [6.07, 6.45) is 4.96. The van der Waals surface area contributed by atoms with Crippen LogP contribution in [0, 0.1) is 11.8 Å². The molecule has 3 aliphatic rings. The summed E-state index contributed by atoms with van der Waals surface area (Å²) in [5, 5.41) is 14.7. The molecule has 5 rings (SSSR count). The Hall–Kier alpha value is -1.80. The maximum Gasteiger partial charge on any atom is 0.289 e. The second-order valence-electron chi connectivity index (χ2n) is 7.14. The molecule has 0 bridgehead atoms. The first-order chi connectivity index (χ1) is 11.8. The SMILES string of the molecule is O=C(NC1CC1)c1nnc2n1CC1CN(Cc3nccs3)CC1C2. The number of thiazole rings is 1. The van der Waals surface area contributed by atoms with E-state index in [-0.39, 0.29) is 5.91 Å². The van der Waals surface area contributed by atoms with Crippen molar-refractivity contribution in [1.82, 2.24) is 30.0 Å². The van der Waals surface area contributed by atoms with Gasteiger partial charge in [0.05, 0.1) is 6.54 Å². The second kappa shape index (κ2) is 5.63. The molecule has 1 N–H and O–H groups in total. The lowest BCUT2D eigenvalue weighted by Gasteiger charge is -2.25. The van der Waals surface area contributed by atoms with E-state index >= 15 is 0 Å². The quantitative estimate of drug-likeness (QED) is 0.893. The highest BCUT2D eigenvalue weighted by Crippen LogP contribution is 2.33. The summed E-state index contributed by atoms with van der Waals surface area (Å²) >= 11 is 1.72. The number of hydrogen-bond donors (Lipinski definition) is 1. The zero-order valence-electron chi connectivity index (χ0n) is 13.4. The van der Waals surface area contributed by atoms with E-state index in [4.69, 9.17) is 0 Å². The Kier molecular flexibility index (Phi) is 3.41. The normalized spacial score (nSPS) is 26.2. The molecule has 2 fully saturated rings. The molecule has 0 aromatic carbocycles. The molecule has 7 nitrogen and oxygen atoms in total. The summed E-state index contributed by atoms with van der Waals surface area (Å²) in [5.74, 6) is 2.58. The van der Waals surface area contributed by atoms with Gasteiger partial charge in [0.2, 0.25) is 5.82 Å². The number of carbonyl (C=O) groups excluding carboxylic acids is 1. The van der Waals surface area contributed by atoms with Crippen LogP contribution >= 0.6 is 11.3 Å². The van der Waals surface area contributed by atoms with Crippen molar-refractivity contribution in [2.75, 3.05) is 13.1 Å². The molecule has 1 aliphatic carbocycles. The average molecular weight is 344 g/mol. The summed E-state index contributed by atoms with van der Waals surface area (Å²) in [5.41, 5.74) is 0. The number of aromatic nitrogens is 4. The highest BCUT2D eigenvalue weighted by molar-refractivity contribution is 7.09. The van der Waals surface area contributed by atoms with Crippen LogP contribution in [0.2, 0.25) is 0 Å². The van der Waals surface area contributed by atoms with Crippen LogP contribution < -0.4 is 5.32 Å². The summed E-state index contributed by atoms with van der Waals surface area (Å²) in [6, 6.07) is 0.349. The van der Waals surface area contributed by atoms with Crippen LogP contribution in [0.4, 0.5) is 0 Å². The minimum Gasteiger partial charge on any atom is -0.347 e. The van der Waals surface area contributed by atoms with Crippen molar-refractivity contribution in [3.05, 3.63) is 28.2 Å². The molecule has 1 saturated heterocycles. The lowest BCUT2D eigenvalue weighted by molar-refractivity contribution is 0.0932. The molecule has 2 atom stereocenters. The Balaban J connectivity index is 1.30. The fourth-order valence-electron chi connectivity index (χ4n) is 3.92. The Morgan fingerprint density at radius 2 is 2.12 bits per heavy atom. The average Bonchev–Trinajstić information content (AvgIpc) is 2.99. The third-order valence-electron chi connectivity index (χ3n) is 5.30. The number of rotatable bonds is 4. The van der Waals surface area contributed by atoms with Crippen molar-refractivity contribution in [3.63, 3.8) is 0 Å². The van der Waals surface area contributed by atoms with Gasteiger partial charge in [-0.15, -0.1) is 21.5 Å². The smallest absolute Gasteiger partial charge is 0.289 e. The van der Waals surface area contributed by atoms with Crippen molar-refractivity contribution >= 4 is 17.2 Å². The van der Waals surface area contributed by atoms with Crippen LogP contribution in [0.15, 0.2) is 11.6 Å². The third kappa shape index (κ3) is 2.63. The van der Waals surface area contributed by atoms with Gasteiger partial charge in [0.1, 0.15) is 10.8 Å². The molecule has 2 aromatic heterocycles. The molecule has 2 aliphatic heterocycles. The maximum atomic E-state index is 12.3. The first kappa shape index (κ1) is 14.5. The maximum absolute atomic E-state index is 12.3. The topological polar surface area (TPSA) is 75.9 Å². The predicted molar refractivity (Wildman–Crippen MR) is 88.6 cm³/mol. The minimum atomic E-state index is -0.0626. The van der Waals surface area contributed by atoms with Gasteiger partial charge in [0.25, 0.3) is 5.91 Å². The van der Waals surface area contributed by atoms with Gasteiger partial charge in [-0.3, -0.25) is 9.69 Å². The van der Waals surface area contributed by atoms with E-state index in [2.05, 4.69) is 25.4 Å². The van der Waals surface area contributed by atoms with Crippen LogP contribution in [0.3, 0.4) is 0 Å². The highest BCUT2D eigenvalue weighted by Gasteiger charge is 2.39. The molecule has 8 heteroatoms. The third-order valence-corrected chi connectivity index (χ3v) is 6.06. The molecule has 2 unspecified atom stereocenters. The first-order valence-electron chi connectivity index (χ1n) is 8.60. The van der Waals surface area contributed by atoms with Gasteiger partial charge in [0.15, 0.2) is 0 Å². The molecule has 2 aromatic rings. The number of carbonyl (C=O) groups is 1. The van der Waals surface area contributed by atoms with Gasteiger partial charge in [0, 0.05) is 43.7 Å². The number of likely N-dealkylation sites (tertiary alicyclic amines) is 1. The van der Waals surface area contributed by atoms with E-state index in [1.54, 1.807) is 11.3 Å². The van der Waals surface area contributed by atoms with Crippen LogP contribution in [-0.4, -0.2) is 49.7 Å². The van der Waals surface area contributed by atoms with Gasteiger partial charge in [-0.2, -0.15) is 0 Å². The van der Waals surface area contributed by atoms with Gasteiger partial charge < -0.3 is 9.88 Å². The summed E-state index contributed by atoms with van der Waals surface area (Å²) < 4.78 is 2.05. The Labute approximate surface area is 144 Å². The second-order valence-corrected chi connectivity index (χ2v) is 8.12. The zero-order valence-corrected chi connectivity index (χ0v) is 14.2. The molecule has 24 heavy (non-hydrogen) atoms. The highest BCUT2D eigenvalue weighted by atomic mass is 32.1. The van der Waals surface area contributed by atoms with E-state index in [0.717, 1.165) is 51.3 Å². The molecule has 0 radical (unpaired) electrons. The molecular formula is C16H20N6OS. The number of amides is 1. The molecule has 4 heterocycles. The van der Waals surface area contributed by atoms with Crippen molar-refractivity contribution in [2.24, 2.45) is 11.8 Å². The first-order valence-corrected chi connectivity index (χ1v) is 9.48. The van der Waals surface area contributed by atoms with E-state index in [9.17, 15) is 4.79 Å². The van der Waals surface area contributed by atoms with Gasteiger partial charge in [-0.1, -0.05) is 0 Å². The van der Waals surface area contributed by atoms with Gasteiger partial charge >= 0.3 is 0 Å². The van der Waals surface area contributed by atoms with Crippen LogP contribution in [0.1, 0.15) is 34.3 Å². The largest absolute Gasteiger partial charge is 0.347 e. The van der Waals surface area contributed by atoms with E-state index in [1.165, 1.54) is 5.01 Å². The van der Waals surface area contributed by atoms with Crippen LogP contribution in [0.25, 0.3) is 0 Å². The van der Waals surface area contributed by atoms with E-state index < -0.39 is 0 Å². The van der Waals surface area contributed by atoms with E-state index in [1.807, 2.05) is 16.1 Å². The molecular weight excluding hydrogens is 324 g/mol. The Morgan fingerprint density at radius 3 is 2.92 bits per heavy atom. The summed E-state index contributed by atoms with van der Waals surface area (Å²) in [4.78, 5) is 19.2. The lowest BCUT2D eigenvalue weighted by Crippen LogP contribution is -2.33. The molecule has 0 spiro atoms.